The van der Waals surface area contributed by atoms with Crippen LogP contribution in [0.2, 0.25) is 0 Å². The molecular weight excluding hydrogens is 358 g/mol. The Labute approximate surface area is 164 Å². The fraction of sp³-hybridized carbons (Fsp3) is 0.364. The first-order chi connectivity index (χ1) is 13.6. The summed E-state index contributed by atoms with van der Waals surface area (Å²) < 4.78 is 10.9. The van der Waals surface area contributed by atoms with Gasteiger partial charge in [0, 0.05) is 13.1 Å². The topological polar surface area (TPSA) is 76.1 Å². The summed E-state index contributed by atoms with van der Waals surface area (Å²) in [5.74, 6) is -0.189. The number of rotatable bonds is 8. The van der Waals surface area contributed by atoms with Crippen LogP contribution < -0.4 is 4.74 Å². The van der Waals surface area contributed by atoms with Gasteiger partial charge in [0.05, 0.1) is 12.0 Å². The maximum atomic E-state index is 12.4. The summed E-state index contributed by atoms with van der Waals surface area (Å²) in [4.78, 5) is 26.0. The van der Waals surface area contributed by atoms with Crippen molar-refractivity contribution in [3.63, 3.8) is 0 Å². The first kappa shape index (κ1) is 19.9. The minimum Gasteiger partial charge on any atom is -0.491 e. The molecule has 6 nitrogen and oxygen atoms in total. The summed E-state index contributed by atoms with van der Waals surface area (Å²) in [6.45, 7) is 1.47. The number of nitrogens with zero attached hydrogens (tertiary/aromatic N) is 1. The van der Waals surface area contributed by atoms with Gasteiger partial charge < -0.3 is 19.5 Å². The molecule has 3 rings (SSSR count). The third-order valence-electron chi connectivity index (χ3n) is 5.17. The van der Waals surface area contributed by atoms with Gasteiger partial charge in [-0.2, -0.15) is 0 Å². The Balaban J connectivity index is 1.44. The molecule has 0 aromatic heterocycles. The van der Waals surface area contributed by atoms with Crippen LogP contribution in [0.3, 0.4) is 0 Å². The van der Waals surface area contributed by atoms with E-state index < -0.39 is 11.4 Å². The predicted molar refractivity (Wildman–Crippen MR) is 104 cm³/mol. The lowest BCUT2D eigenvalue weighted by Gasteiger charge is -2.39. The molecule has 0 unspecified atom stereocenters. The molecule has 0 radical (unpaired) electrons. The van der Waals surface area contributed by atoms with Gasteiger partial charge in [-0.3, -0.25) is 9.59 Å². The van der Waals surface area contributed by atoms with Gasteiger partial charge >= 0.3 is 5.97 Å². The monoisotopic (exact) mass is 383 g/mol. The van der Waals surface area contributed by atoms with Crippen LogP contribution >= 0.6 is 0 Å². The third-order valence-corrected chi connectivity index (χ3v) is 5.17. The van der Waals surface area contributed by atoms with E-state index in [0.29, 0.717) is 39.1 Å². The van der Waals surface area contributed by atoms with Gasteiger partial charge in [-0.25, -0.2) is 0 Å². The van der Waals surface area contributed by atoms with Gasteiger partial charge in [0.1, 0.15) is 19.0 Å². The van der Waals surface area contributed by atoms with Crippen molar-refractivity contribution >= 4 is 11.9 Å². The zero-order valence-corrected chi connectivity index (χ0v) is 15.8. The minimum absolute atomic E-state index is 0.0242. The van der Waals surface area contributed by atoms with Crippen molar-refractivity contribution in [3.8, 4) is 5.75 Å². The summed E-state index contributed by atoms with van der Waals surface area (Å²) in [5, 5.41) is 9.82. The molecule has 1 saturated heterocycles. The Hall–Kier alpha value is -2.86. The zero-order valence-electron chi connectivity index (χ0n) is 15.8. The number of carbonyl (C=O) groups is 2. The number of para-hydroxylation sites is 1. The number of carbonyl (C=O) groups excluding carboxylic acids is 1. The normalized spacial score (nSPS) is 15.8. The molecule has 0 saturated carbocycles. The Morgan fingerprint density at radius 3 is 2.14 bits per heavy atom. The van der Waals surface area contributed by atoms with Gasteiger partial charge in [0.2, 0.25) is 5.91 Å². The summed E-state index contributed by atoms with van der Waals surface area (Å²) in [6.07, 6.45) is 0.796. The van der Waals surface area contributed by atoms with Crippen LogP contribution in [0.5, 0.6) is 5.75 Å². The highest BCUT2D eigenvalue weighted by Crippen LogP contribution is 2.35. The van der Waals surface area contributed by atoms with Crippen molar-refractivity contribution in [2.75, 3.05) is 32.9 Å². The van der Waals surface area contributed by atoms with E-state index in [1.54, 1.807) is 4.90 Å². The summed E-state index contributed by atoms with van der Waals surface area (Å²) in [5.41, 5.74) is -0.133. The molecule has 0 bridgehead atoms. The van der Waals surface area contributed by atoms with Crippen molar-refractivity contribution in [2.45, 2.75) is 18.3 Å². The fourth-order valence-electron chi connectivity index (χ4n) is 3.51. The van der Waals surface area contributed by atoms with E-state index in [9.17, 15) is 14.7 Å². The number of amides is 1. The predicted octanol–water partition coefficient (Wildman–Crippen LogP) is 2.73. The van der Waals surface area contributed by atoms with E-state index in [-0.39, 0.29) is 12.5 Å². The van der Waals surface area contributed by atoms with Crippen LogP contribution in [-0.2, 0) is 19.7 Å². The Kier molecular flexibility index (Phi) is 6.66. The highest BCUT2D eigenvalue weighted by Gasteiger charge is 2.43. The van der Waals surface area contributed by atoms with E-state index in [2.05, 4.69) is 0 Å². The smallest absolute Gasteiger partial charge is 0.314 e. The maximum absolute atomic E-state index is 12.4. The van der Waals surface area contributed by atoms with Crippen LogP contribution in [0, 0.1) is 0 Å². The molecule has 1 aliphatic rings. The molecule has 28 heavy (non-hydrogen) atoms. The zero-order chi connectivity index (χ0) is 19.8. The standard InChI is InChI=1S/C22H25NO5/c24-20(17-27-15-16-28-19-9-5-2-6-10-19)23-13-11-22(12-14-23,21(25)26)18-7-3-1-4-8-18/h1-10H,11-17H2,(H,25,26). The Morgan fingerprint density at radius 1 is 0.929 bits per heavy atom. The van der Waals surface area contributed by atoms with Crippen molar-refractivity contribution in [2.24, 2.45) is 0 Å². The van der Waals surface area contributed by atoms with Gasteiger partial charge in [0.15, 0.2) is 0 Å². The molecule has 2 aromatic rings. The van der Waals surface area contributed by atoms with E-state index in [4.69, 9.17) is 9.47 Å². The molecule has 1 heterocycles. The molecule has 0 spiro atoms. The van der Waals surface area contributed by atoms with Gasteiger partial charge in [-0.05, 0) is 30.5 Å². The molecule has 1 N–H and O–H groups in total. The molecule has 0 atom stereocenters. The van der Waals surface area contributed by atoms with Gasteiger partial charge in [-0.1, -0.05) is 48.5 Å². The SMILES string of the molecule is O=C(COCCOc1ccccc1)N1CCC(C(=O)O)(c2ccccc2)CC1. The fourth-order valence-corrected chi connectivity index (χ4v) is 3.51. The molecule has 1 aliphatic heterocycles. The first-order valence-corrected chi connectivity index (χ1v) is 9.44. The van der Waals surface area contributed by atoms with E-state index >= 15 is 0 Å². The minimum atomic E-state index is -0.928. The first-order valence-electron chi connectivity index (χ1n) is 9.44. The average Bonchev–Trinajstić information content (AvgIpc) is 2.74. The second kappa shape index (κ2) is 9.37. The summed E-state index contributed by atoms with van der Waals surface area (Å²) in [7, 11) is 0. The van der Waals surface area contributed by atoms with Crippen molar-refractivity contribution in [1.82, 2.24) is 4.90 Å². The van der Waals surface area contributed by atoms with Crippen LogP contribution in [0.1, 0.15) is 18.4 Å². The van der Waals surface area contributed by atoms with Crippen molar-refractivity contribution < 1.29 is 24.2 Å². The van der Waals surface area contributed by atoms with Gasteiger partial charge in [0.25, 0.3) is 0 Å². The number of hydrogen-bond acceptors (Lipinski definition) is 4. The number of hydrogen-bond donors (Lipinski definition) is 1. The molecule has 6 heteroatoms. The second-order valence-electron chi connectivity index (χ2n) is 6.85. The van der Waals surface area contributed by atoms with Crippen LogP contribution in [-0.4, -0.2) is 54.8 Å². The Morgan fingerprint density at radius 2 is 1.54 bits per heavy atom. The van der Waals surface area contributed by atoms with Crippen LogP contribution in [0.4, 0.5) is 0 Å². The van der Waals surface area contributed by atoms with Gasteiger partial charge in [-0.15, -0.1) is 0 Å². The molecular formula is C22H25NO5. The second-order valence-corrected chi connectivity index (χ2v) is 6.85. The van der Waals surface area contributed by atoms with Crippen molar-refractivity contribution in [1.29, 1.82) is 0 Å². The lowest BCUT2D eigenvalue weighted by atomic mass is 9.73. The summed E-state index contributed by atoms with van der Waals surface area (Å²) in [6, 6.07) is 18.7. The Bertz CT molecular complexity index is 770. The molecule has 2 aromatic carbocycles. The highest BCUT2D eigenvalue weighted by atomic mass is 16.5. The van der Waals surface area contributed by atoms with Crippen LogP contribution in [0.25, 0.3) is 0 Å². The molecule has 148 valence electrons. The lowest BCUT2D eigenvalue weighted by Crippen LogP contribution is -2.49. The van der Waals surface area contributed by atoms with E-state index in [1.165, 1.54) is 0 Å². The quantitative estimate of drug-likeness (QED) is 0.710. The van der Waals surface area contributed by atoms with Crippen molar-refractivity contribution in [3.05, 3.63) is 66.2 Å². The largest absolute Gasteiger partial charge is 0.491 e. The molecule has 0 aliphatic carbocycles. The number of carboxylic acids is 1. The third kappa shape index (κ3) is 4.70. The number of ether oxygens (including phenoxy) is 2. The summed E-state index contributed by atoms with van der Waals surface area (Å²) >= 11 is 0. The molecule has 1 amide bonds. The number of piperidine rings is 1. The molecule has 1 fully saturated rings. The number of aliphatic carboxylic acids is 1. The van der Waals surface area contributed by atoms with E-state index in [1.807, 2.05) is 60.7 Å². The van der Waals surface area contributed by atoms with E-state index in [0.717, 1.165) is 11.3 Å². The lowest BCUT2D eigenvalue weighted by molar-refractivity contribution is -0.149. The average molecular weight is 383 g/mol. The number of benzene rings is 2. The number of likely N-dealkylation sites (tertiary alicyclic amines) is 1. The highest BCUT2D eigenvalue weighted by molar-refractivity contribution is 5.83. The number of carboxylic acid groups (broad SMARTS) is 1. The maximum Gasteiger partial charge on any atom is 0.314 e. The van der Waals surface area contributed by atoms with Crippen LogP contribution in [0.15, 0.2) is 60.7 Å².